The molecular weight excluding hydrogens is 290 g/mol. The molecule has 0 spiro atoms. The Morgan fingerprint density at radius 2 is 1.78 bits per heavy atom. The van der Waals surface area contributed by atoms with Gasteiger partial charge in [-0.25, -0.2) is 0 Å². The molecule has 2 rings (SSSR count). The highest BCUT2D eigenvalue weighted by Gasteiger charge is 2.14. The first-order chi connectivity index (χ1) is 8.58. The average molecular weight is 308 g/mol. The number of hydrogen-bond acceptors (Lipinski definition) is 2. The molecule has 1 aromatic carbocycles. The third-order valence-corrected chi connectivity index (χ3v) is 3.60. The van der Waals surface area contributed by atoms with E-state index in [2.05, 4.69) is 66.3 Å². The monoisotopic (exact) mass is 307 g/mol. The summed E-state index contributed by atoms with van der Waals surface area (Å²) in [5.41, 5.74) is 2.64. The second-order valence-electron chi connectivity index (χ2n) is 4.61. The Morgan fingerprint density at radius 1 is 1.06 bits per heavy atom. The van der Waals surface area contributed by atoms with Crippen LogP contribution in [0.15, 0.2) is 45.5 Å². The summed E-state index contributed by atoms with van der Waals surface area (Å²) in [5.74, 6) is 0.947. The fraction of sp³-hybridized carbons (Fsp3) is 0.333. The first-order valence-corrected chi connectivity index (χ1v) is 6.94. The molecule has 0 amide bonds. The summed E-state index contributed by atoms with van der Waals surface area (Å²) in [7, 11) is 0. The molecule has 1 heterocycles. The van der Waals surface area contributed by atoms with Gasteiger partial charge in [-0.1, -0.05) is 24.3 Å². The van der Waals surface area contributed by atoms with Crippen LogP contribution in [0, 0.1) is 6.92 Å². The van der Waals surface area contributed by atoms with Crippen molar-refractivity contribution in [1.82, 2.24) is 5.32 Å². The normalized spacial score (nSPS) is 14.4. The van der Waals surface area contributed by atoms with Gasteiger partial charge in [-0.2, -0.15) is 0 Å². The fourth-order valence-electron chi connectivity index (χ4n) is 2.18. The summed E-state index contributed by atoms with van der Waals surface area (Å²) in [5, 5.41) is 3.55. The number of halogens is 1. The van der Waals surface area contributed by atoms with Gasteiger partial charge in [0, 0.05) is 6.04 Å². The zero-order valence-corrected chi connectivity index (χ0v) is 12.5. The van der Waals surface area contributed by atoms with E-state index in [1.165, 1.54) is 11.1 Å². The van der Waals surface area contributed by atoms with Crippen LogP contribution in [-0.2, 0) is 0 Å². The molecule has 0 saturated carbocycles. The van der Waals surface area contributed by atoms with Gasteiger partial charge in [-0.3, -0.25) is 0 Å². The number of rotatable bonds is 4. The molecule has 0 aliphatic carbocycles. The van der Waals surface area contributed by atoms with E-state index in [0.717, 1.165) is 10.4 Å². The van der Waals surface area contributed by atoms with Crippen LogP contribution in [0.3, 0.4) is 0 Å². The highest BCUT2D eigenvalue weighted by Crippen LogP contribution is 2.24. The Balaban J connectivity index is 2.08. The van der Waals surface area contributed by atoms with Gasteiger partial charge >= 0.3 is 0 Å². The van der Waals surface area contributed by atoms with Gasteiger partial charge in [0.1, 0.15) is 5.76 Å². The van der Waals surface area contributed by atoms with Crippen molar-refractivity contribution < 1.29 is 4.42 Å². The van der Waals surface area contributed by atoms with Crippen molar-refractivity contribution in [1.29, 1.82) is 0 Å². The molecular formula is C15H18BrNO. The second-order valence-corrected chi connectivity index (χ2v) is 5.39. The van der Waals surface area contributed by atoms with Gasteiger partial charge in [-0.15, -0.1) is 0 Å². The van der Waals surface area contributed by atoms with E-state index in [1.807, 2.05) is 12.1 Å². The van der Waals surface area contributed by atoms with Gasteiger partial charge in [0.15, 0.2) is 4.67 Å². The fourth-order valence-corrected chi connectivity index (χ4v) is 2.50. The minimum Gasteiger partial charge on any atom is -0.453 e. The van der Waals surface area contributed by atoms with Gasteiger partial charge < -0.3 is 9.73 Å². The van der Waals surface area contributed by atoms with Crippen LogP contribution in [0.4, 0.5) is 0 Å². The highest BCUT2D eigenvalue weighted by atomic mass is 79.9. The molecule has 1 aromatic heterocycles. The molecule has 0 aliphatic rings. The van der Waals surface area contributed by atoms with Crippen LogP contribution in [0.2, 0.25) is 0 Å². The quantitative estimate of drug-likeness (QED) is 0.880. The molecule has 18 heavy (non-hydrogen) atoms. The third kappa shape index (κ3) is 3.03. The predicted molar refractivity (Wildman–Crippen MR) is 77.6 cm³/mol. The van der Waals surface area contributed by atoms with Crippen LogP contribution >= 0.6 is 15.9 Å². The summed E-state index contributed by atoms with van der Waals surface area (Å²) in [6.45, 7) is 6.43. The van der Waals surface area contributed by atoms with Crippen molar-refractivity contribution in [2.45, 2.75) is 32.9 Å². The van der Waals surface area contributed by atoms with Crippen LogP contribution in [-0.4, -0.2) is 0 Å². The van der Waals surface area contributed by atoms with E-state index in [1.54, 1.807) is 0 Å². The molecule has 0 radical (unpaired) electrons. The van der Waals surface area contributed by atoms with Crippen molar-refractivity contribution >= 4 is 15.9 Å². The SMILES string of the molecule is Cc1ccccc1[C@@H](C)NC(C)c1ccc(Br)o1. The van der Waals surface area contributed by atoms with Gasteiger partial charge in [-0.05, 0) is 60.0 Å². The lowest BCUT2D eigenvalue weighted by Crippen LogP contribution is -2.22. The zero-order valence-electron chi connectivity index (χ0n) is 10.9. The molecule has 96 valence electrons. The molecule has 0 saturated heterocycles. The number of furan rings is 1. The maximum atomic E-state index is 5.57. The van der Waals surface area contributed by atoms with Crippen LogP contribution in [0.25, 0.3) is 0 Å². The Bertz CT molecular complexity index is 521. The Hall–Kier alpha value is -1.06. The Labute approximate surface area is 117 Å². The van der Waals surface area contributed by atoms with Gasteiger partial charge in [0.05, 0.1) is 6.04 Å². The summed E-state index contributed by atoms with van der Waals surface area (Å²) < 4.78 is 6.34. The lowest BCUT2D eigenvalue weighted by atomic mass is 10.0. The summed E-state index contributed by atoms with van der Waals surface area (Å²) in [6.07, 6.45) is 0. The molecule has 2 nitrogen and oxygen atoms in total. The van der Waals surface area contributed by atoms with Crippen LogP contribution in [0.5, 0.6) is 0 Å². The third-order valence-electron chi connectivity index (χ3n) is 3.18. The maximum absolute atomic E-state index is 5.57. The van der Waals surface area contributed by atoms with Gasteiger partial charge in [0.25, 0.3) is 0 Å². The number of benzene rings is 1. The second kappa shape index (κ2) is 5.72. The largest absolute Gasteiger partial charge is 0.453 e. The first-order valence-electron chi connectivity index (χ1n) is 6.14. The van der Waals surface area contributed by atoms with E-state index < -0.39 is 0 Å². The van der Waals surface area contributed by atoms with Crippen molar-refractivity contribution in [3.8, 4) is 0 Å². The van der Waals surface area contributed by atoms with Crippen LogP contribution in [0.1, 0.15) is 42.8 Å². The van der Waals surface area contributed by atoms with Crippen molar-refractivity contribution in [3.63, 3.8) is 0 Å². The Kier molecular flexibility index (Phi) is 4.25. The lowest BCUT2D eigenvalue weighted by molar-refractivity contribution is 0.393. The summed E-state index contributed by atoms with van der Waals surface area (Å²) >= 11 is 3.33. The van der Waals surface area contributed by atoms with Crippen LogP contribution < -0.4 is 5.32 Å². The van der Waals surface area contributed by atoms with Crippen molar-refractivity contribution in [3.05, 3.63) is 58.0 Å². The topological polar surface area (TPSA) is 25.2 Å². The van der Waals surface area contributed by atoms with Crippen molar-refractivity contribution in [2.24, 2.45) is 0 Å². The molecule has 0 fully saturated rings. The molecule has 0 aliphatic heterocycles. The smallest absolute Gasteiger partial charge is 0.169 e. The number of hydrogen-bond donors (Lipinski definition) is 1. The molecule has 1 N–H and O–H groups in total. The number of aryl methyl sites for hydroxylation is 1. The van der Waals surface area contributed by atoms with Gasteiger partial charge in [0.2, 0.25) is 0 Å². The average Bonchev–Trinajstić information content (AvgIpc) is 2.76. The highest BCUT2D eigenvalue weighted by molar-refractivity contribution is 9.10. The maximum Gasteiger partial charge on any atom is 0.169 e. The molecule has 0 bridgehead atoms. The van der Waals surface area contributed by atoms with E-state index in [-0.39, 0.29) is 6.04 Å². The minimum absolute atomic E-state index is 0.186. The van der Waals surface area contributed by atoms with E-state index in [0.29, 0.717) is 6.04 Å². The van der Waals surface area contributed by atoms with E-state index in [9.17, 15) is 0 Å². The molecule has 3 heteroatoms. The standard InChI is InChI=1S/C15H18BrNO/c1-10-6-4-5-7-13(10)11(2)17-12(3)14-8-9-15(16)18-14/h4-9,11-12,17H,1-3H3/t11-,12?/m1/s1. The molecule has 2 atom stereocenters. The lowest BCUT2D eigenvalue weighted by Gasteiger charge is -2.20. The first kappa shape index (κ1) is 13.4. The zero-order chi connectivity index (χ0) is 13.1. The van der Waals surface area contributed by atoms with E-state index >= 15 is 0 Å². The summed E-state index contributed by atoms with van der Waals surface area (Å²) in [6, 6.07) is 12.8. The minimum atomic E-state index is 0.186. The molecule has 2 aromatic rings. The predicted octanol–water partition coefficient (Wildman–Crippen LogP) is 4.76. The number of nitrogens with one attached hydrogen (secondary N) is 1. The molecule has 1 unspecified atom stereocenters. The Morgan fingerprint density at radius 3 is 2.39 bits per heavy atom. The summed E-state index contributed by atoms with van der Waals surface area (Å²) in [4.78, 5) is 0. The van der Waals surface area contributed by atoms with E-state index in [4.69, 9.17) is 4.42 Å². The van der Waals surface area contributed by atoms with Crippen molar-refractivity contribution in [2.75, 3.05) is 0 Å².